The molecule has 1 amide bonds. The Hall–Kier alpha value is -2.61. The van der Waals surface area contributed by atoms with Crippen LogP contribution in [0.2, 0.25) is 5.02 Å². The van der Waals surface area contributed by atoms with Crippen molar-refractivity contribution in [3.8, 4) is 5.75 Å². The minimum atomic E-state index is -0.257. The van der Waals surface area contributed by atoms with E-state index in [1.807, 2.05) is 44.2 Å². The molecule has 1 saturated heterocycles. The predicted octanol–water partition coefficient (Wildman–Crippen LogP) is 6.23. The van der Waals surface area contributed by atoms with Crippen molar-refractivity contribution in [2.75, 3.05) is 24.7 Å². The Balaban J connectivity index is 1.57. The first kappa shape index (κ1) is 21.2. The molecule has 1 aliphatic heterocycles. The van der Waals surface area contributed by atoms with Gasteiger partial charge in [-0.2, -0.15) is 0 Å². The lowest BCUT2D eigenvalue weighted by Gasteiger charge is -2.22. The third-order valence-corrected chi connectivity index (χ3v) is 7.13. The molecule has 1 unspecified atom stereocenters. The molecular weight excluding hydrogens is 448 g/mol. The lowest BCUT2D eigenvalue weighted by molar-refractivity contribution is 0.0896. The average Bonchev–Trinajstić information content (AvgIpc) is 3.54. The molecule has 2 aromatic carbocycles. The van der Waals surface area contributed by atoms with Crippen molar-refractivity contribution in [3.63, 3.8) is 0 Å². The van der Waals surface area contributed by atoms with Crippen LogP contribution in [0, 0.1) is 6.92 Å². The maximum absolute atomic E-state index is 13.7. The van der Waals surface area contributed by atoms with E-state index in [0.29, 0.717) is 41.2 Å². The molecule has 0 radical (unpaired) electrons. The molecule has 166 valence electrons. The lowest BCUT2D eigenvalue weighted by Crippen LogP contribution is -2.37. The molecule has 3 heterocycles. The van der Waals surface area contributed by atoms with Crippen LogP contribution in [0.3, 0.4) is 0 Å². The first-order valence-electron chi connectivity index (χ1n) is 10.7. The minimum absolute atomic E-state index is 0.0362. The quantitative estimate of drug-likeness (QED) is 0.334. The lowest BCUT2D eigenvalue weighted by atomic mass is 10.2. The fraction of sp³-hybridized carbons (Fsp3) is 0.333. The topological polar surface area (TPSA) is 64.8 Å². The summed E-state index contributed by atoms with van der Waals surface area (Å²) in [6.45, 7) is 5.53. The van der Waals surface area contributed by atoms with E-state index in [2.05, 4.69) is 0 Å². The number of nitrogens with zero attached hydrogens (tertiary/aromatic N) is 2. The van der Waals surface area contributed by atoms with Gasteiger partial charge in [0.1, 0.15) is 0 Å². The Kier molecular flexibility index (Phi) is 5.80. The van der Waals surface area contributed by atoms with Gasteiger partial charge in [-0.3, -0.25) is 9.69 Å². The smallest absolute Gasteiger partial charge is 0.295 e. The van der Waals surface area contributed by atoms with E-state index in [1.165, 1.54) is 11.3 Å². The second-order valence-electron chi connectivity index (χ2n) is 7.81. The van der Waals surface area contributed by atoms with Crippen LogP contribution in [0.15, 0.2) is 40.8 Å². The highest BCUT2D eigenvalue weighted by Gasteiger charge is 2.29. The zero-order chi connectivity index (χ0) is 22.2. The van der Waals surface area contributed by atoms with E-state index < -0.39 is 0 Å². The Morgan fingerprint density at radius 2 is 2.22 bits per heavy atom. The van der Waals surface area contributed by atoms with E-state index >= 15 is 0 Å². The Morgan fingerprint density at radius 3 is 2.97 bits per heavy atom. The fourth-order valence-electron chi connectivity index (χ4n) is 3.99. The minimum Gasteiger partial charge on any atom is -0.490 e. The van der Waals surface area contributed by atoms with Gasteiger partial charge in [0.05, 0.1) is 34.5 Å². The monoisotopic (exact) mass is 470 g/mol. The molecule has 6 nitrogen and oxygen atoms in total. The number of fused-ring (bicyclic) bond motifs is 2. The Bertz CT molecular complexity index is 1250. The van der Waals surface area contributed by atoms with E-state index in [0.717, 1.165) is 34.0 Å². The van der Waals surface area contributed by atoms with Crippen LogP contribution in [-0.4, -0.2) is 36.8 Å². The molecule has 32 heavy (non-hydrogen) atoms. The van der Waals surface area contributed by atoms with Crippen molar-refractivity contribution in [2.24, 2.45) is 0 Å². The average molecular weight is 471 g/mol. The van der Waals surface area contributed by atoms with Gasteiger partial charge in [-0.1, -0.05) is 41.1 Å². The molecule has 0 bridgehead atoms. The number of amides is 1. The number of ether oxygens (including phenoxy) is 2. The standard InChI is InChI=1S/C24H23ClN2O4S/c1-3-29-18-8-4-6-15-12-19(31-21(15)18)23(28)27(13-16-7-5-11-30-16)24-26-20-14(2)9-10-17(25)22(20)32-24/h4,6,8-10,12,16H,3,5,7,11,13H2,1-2H3. The van der Waals surface area contributed by atoms with Crippen molar-refractivity contribution < 1.29 is 18.7 Å². The largest absolute Gasteiger partial charge is 0.490 e. The van der Waals surface area contributed by atoms with Crippen molar-refractivity contribution in [1.82, 2.24) is 4.98 Å². The van der Waals surface area contributed by atoms with Gasteiger partial charge in [-0.15, -0.1) is 0 Å². The summed E-state index contributed by atoms with van der Waals surface area (Å²) in [7, 11) is 0. The number of anilines is 1. The maximum Gasteiger partial charge on any atom is 0.295 e. The number of rotatable bonds is 6. The zero-order valence-corrected chi connectivity index (χ0v) is 19.5. The van der Waals surface area contributed by atoms with Crippen LogP contribution in [0.25, 0.3) is 21.2 Å². The zero-order valence-electron chi connectivity index (χ0n) is 17.9. The molecule has 2 aromatic heterocycles. The molecule has 0 saturated carbocycles. The highest BCUT2D eigenvalue weighted by atomic mass is 35.5. The van der Waals surface area contributed by atoms with Gasteiger partial charge in [0.15, 0.2) is 22.2 Å². The molecule has 4 aromatic rings. The van der Waals surface area contributed by atoms with Gasteiger partial charge < -0.3 is 13.9 Å². The second kappa shape index (κ2) is 8.73. The molecule has 0 aliphatic carbocycles. The van der Waals surface area contributed by atoms with Gasteiger partial charge in [0.25, 0.3) is 5.91 Å². The van der Waals surface area contributed by atoms with Crippen LogP contribution < -0.4 is 9.64 Å². The summed E-state index contributed by atoms with van der Waals surface area (Å²) in [5.41, 5.74) is 2.39. The van der Waals surface area contributed by atoms with E-state index in [4.69, 9.17) is 30.5 Å². The van der Waals surface area contributed by atoms with Crippen LogP contribution in [0.5, 0.6) is 5.75 Å². The van der Waals surface area contributed by atoms with Crippen molar-refractivity contribution >= 4 is 55.2 Å². The van der Waals surface area contributed by atoms with Crippen LogP contribution in [0.1, 0.15) is 35.9 Å². The number of carbonyl (C=O) groups is 1. The normalized spacial score (nSPS) is 16.2. The third-order valence-electron chi connectivity index (χ3n) is 5.59. The number of benzene rings is 2. The van der Waals surface area contributed by atoms with E-state index in [-0.39, 0.29) is 17.8 Å². The molecule has 1 aliphatic rings. The van der Waals surface area contributed by atoms with Crippen LogP contribution in [0.4, 0.5) is 5.13 Å². The highest BCUT2D eigenvalue weighted by molar-refractivity contribution is 7.23. The molecule has 8 heteroatoms. The first-order valence-corrected chi connectivity index (χ1v) is 11.9. The number of hydrogen-bond donors (Lipinski definition) is 0. The molecule has 1 fully saturated rings. The van der Waals surface area contributed by atoms with Crippen LogP contribution >= 0.6 is 22.9 Å². The summed E-state index contributed by atoms with van der Waals surface area (Å²) in [6, 6.07) is 11.2. The van der Waals surface area contributed by atoms with Crippen molar-refractivity contribution in [3.05, 3.63) is 52.7 Å². The maximum atomic E-state index is 13.7. The number of thiazole rings is 1. The molecule has 0 N–H and O–H groups in total. The fourth-order valence-corrected chi connectivity index (χ4v) is 5.31. The van der Waals surface area contributed by atoms with Gasteiger partial charge in [0, 0.05) is 12.0 Å². The molecule has 0 spiro atoms. The van der Waals surface area contributed by atoms with Gasteiger partial charge >= 0.3 is 0 Å². The highest BCUT2D eigenvalue weighted by Crippen LogP contribution is 2.37. The van der Waals surface area contributed by atoms with E-state index in [9.17, 15) is 4.79 Å². The SMILES string of the molecule is CCOc1cccc2cc(C(=O)N(CC3CCCO3)c3nc4c(C)ccc(Cl)c4s3)oc12. The number of hydrogen-bond acceptors (Lipinski definition) is 6. The number of carbonyl (C=O) groups excluding carboxylic acids is 1. The van der Waals surface area contributed by atoms with Crippen molar-refractivity contribution in [1.29, 1.82) is 0 Å². The van der Waals surface area contributed by atoms with Gasteiger partial charge in [-0.05, 0) is 50.5 Å². The number of halogens is 1. The number of furan rings is 1. The summed E-state index contributed by atoms with van der Waals surface area (Å²) >= 11 is 7.84. The predicted molar refractivity (Wildman–Crippen MR) is 127 cm³/mol. The number of aromatic nitrogens is 1. The number of para-hydroxylation sites is 1. The second-order valence-corrected chi connectivity index (χ2v) is 9.19. The number of aryl methyl sites for hydroxylation is 1. The summed E-state index contributed by atoms with van der Waals surface area (Å²) < 4.78 is 18.4. The molecule has 1 atom stereocenters. The molecule has 5 rings (SSSR count). The first-order chi connectivity index (χ1) is 15.5. The van der Waals surface area contributed by atoms with Gasteiger partial charge in [-0.25, -0.2) is 4.98 Å². The summed E-state index contributed by atoms with van der Waals surface area (Å²) in [5.74, 6) is 0.608. The Morgan fingerprint density at radius 1 is 1.34 bits per heavy atom. The Labute approximate surface area is 194 Å². The molecular formula is C24H23ClN2O4S. The summed E-state index contributed by atoms with van der Waals surface area (Å²) in [4.78, 5) is 20.1. The van der Waals surface area contributed by atoms with Gasteiger partial charge in [0.2, 0.25) is 0 Å². The van der Waals surface area contributed by atoms with E-state index in [1.54, 1.807) is 11.0 Å². The summed E-state index contributed by atoms with van der Waals surface area (Å²) in [6.07, 6.45) is 1.86. The summed E-state index contributed by atoms with van der Waals surface area (Å²) in [5, 5.41) is 2.03. The van der Waals surface area contributed by atoms with Crippen molar-refractivity contribution in [2.45, 2.75) is 32.8 Å². The third kappa shape index (κ3) is 3.85. The van der Waals surface area contributed by atoms with Crippen LogP contribution in [-0.2, 0) is 4.74 Å².